The Morgan fingerprint density at radius 2 is 2.08 bits per heavy atom. The number of carbonyl (C=O) groups is 1. The number of H-pyrrole nitrogens is 1. The van der Waals surface area contributed by atoms with Gasteiger partial charge in [-0.25, -0.2) is 0 Å². The summed E-state index contributed by atoms with van der Waals surface area (Å²) in [6.45, 7) is 5.81. The molecule has 0 aliphatic heterocycles. The maximum atomic E-state index is 12.8. The third kappa shape index (κ3) is 3.94. The summed E-state index contributed by atoms with van der Waals surface area (Å²) in [7, 11) is 0. The predicted molar refractivity (Wildman–Crippen MR) is 96.5 cm³/mol. The molecule has 0 atom stereocenters. The van der Waals surface area contributed by atoms with Crippen LogP contribution in [0.15, 0.2) is 64.4 Å². The van der Waals surface area contributed by atoms with Crippen molar-refractivity contribution in [2.24, 2.45) is 0 Å². The van der Waals surface area contributed by atoms with E-state index in [4.69, 9.17) is 4.52 Å². The minimum absolute atomic E-state index is 0.122. The van der Waals surface area contributed by atoms with Crippen molar-refractivity contribution >= 4 is 5.91 Å². The first-order chi connectivity index (χ1) is 12.6. The Balaban J connectivity index is 1.82. The van der Waals surface area contributed by atoms with Gasteiger partial charge in [-0.3, -0.25) is 9.59 Å². The van der Waals surface area contributed by atoms with Gasteiger partial charge in [-0.1, -0.05) is 41.6 Å². The fourth-order valence-corrected chi connectivity index (χ4v) is 2.55. The summed E-state index contributed by atoms with van der Waals surface area (Å²) in [5.41, 5.74) is 1.42. The molecule has 2 aromatic heterocycles. The lowest BCUT2D eigenvalue weighted by atomic mass is 10.2. The number of pyridine rings is 1. The molecule has 0 unspecified atom stereocenters. The second kappa shape index (κ2) is 7.60. The molecular weight excluding hydrogens is 332 g/mol. The van der Waals surface area contributed by atoms with Crippen molar-refractivity contribution in [3.8, 4) is 11.4 Å². The Labute approximate surface area is 150 Å². The van der Waals surface area contributed by atoms with E-state index in [-0.39, 0.29) is 24.6 Å². The molecule has 0 fully saturated rings. The normalized spacial score (nSPS) is 10.5. The van der Waals surface area contributed by atoms with E-state index in [0.29, 0.717) is 23.0 Å². The highest BCUT2D eigenvalue weighted by molar-refractivity contribution is 5.94. The third-order valence-corrected chi connectivity index (χ3v) is 3.69. The van der Waals surface area contributed by atoms with Crippen LogP contribution in [0.25, 0.3) is 11.4 Å². The number of nitrogens with zero attached hydrogens (tertiary/aromatic N) is 3. The summed E-state index contributed by atoms with van der Waals surface area (Å²) in [6.07, 6.45) is 1.60. The van der Waals surface area contributed by atoms with Crippen LogP contribution in [-0.4, -0.2) is 32.5 Å². The van der Waals surface area contributed by atoms with Gasteiger partial charge >= 0.3 is 0 Å². The molecule has 3 rings (SSSR count). The van der Waals surface area contributed by atoms with Crippen molar-refractivity contribution in [3.63, 3.8) is 0 Å². The molecule has 0 saturated carbocycles. The highest BCUT2D eigenvalue weighted by Crippen LogP contribution is 2.16. The van der Waals surface area contributed by atoms with Crippen molar-refractivity contribution in [1.29, 1.82) is 0 Å². The number of hydrogen-bond acceptors (Lipinski definition) is 5. The van der Waals surface area contributed by atoms with Gasteiger partial charge in [0.15, 0.2) is 0 Å². The lowest BCUT2D eigenvalue weighted by Gasteiger charge is -2.19. The number of hydrogen-bond donors (Lipinski definition) is 1. The van der Waals surface area contributed by atoms with Gasteiger partial charge in [-0.15, -0.1) is 6.58 Å². The van der Waals surface area contributed by atoms with Crippen LogP contribution in [0.2, 0.25) is 0 Å². The number of aromatic amines is 1. The smallest absolute Gasteiger partial charge is 0.254 e. The van der Waals surface area contributed by atoms with Gasteiger partial charge in [-0.2, -0.15) is 4.98 Å². The van der Waals surface area contributed by atoms with E-state index in [9.17, 15) is 9.59 Å². The van der Waals surface area contributed by atoms with Crippen molar-refractivity contribution < 1.29 is 9.32 Å². The van der Waals surface area contributed by atoms with Gasteiger partial charge < -0.3 is 14.4 Å². The zero-order chi connectivity index (χ0) is 18.5. The molecule has 1 N–H and O–H groups in total. The summed E-state index contributed by atoms with van der Waals surface area (Å²) in [6, 6.07) is 12.3. The van der Waals surface area contributed by atoms with Crippen LogP contribution < -0.4 is 5.56 Å². The monoisotopic (exact) mass is 350 g/mol. The molecule has 0 aliphatic rings. The van der Waals surface area contributed by atoms with Crippen LogP contribution in [0.1, 0.15) is 21.9 Å². The highest BCUT2D eigenvalue weighted by atomic mass is 16.5. The molecule has 0 bridgehead atoms. The number of rotatable bonds is 6. The first-order valence-electron chi connectivity index (χ1n) is 8.06. The van der Waals surface area contributed by atoms with Crippen molar-refractivity contribution in [2.45, 2.75) is 13.5 Å². The summed E-state index contributed by atoms with van der Waals surface area (Å²) < 4.78 is 5.27. The number of aromatic nitrogens is 3. The second-order valence-electron chi connectivity index (χ2n) is 5.77. The molecule has 7 nitrogen and oxygen atoms in total. The lowest BCUT2D eigenvalue weighted by Crippen LogP contribution is -2.31. The van der Waals surface area contributed by atoms with E-state index in [1.165, 1.54) is 11.0 Å². The molecule has 3 aromatic rings. The Hall–Kier alpha value is -3.48. The summed E-state index contributed by atoms with van der Waals surface area (Å²) >= 11 is 0. The van der Waals surface area contributed by atoms with Gasteiger partial charge in [0, 0.05) is 29.4 Å². The van der Waals surface area contributed by atoms with Gasteiger partial charge in [0.2, 0.25) is 17.3 Å². The molecule has 2 heterocycles. The van der Waals surface area contributed by atoms with Crippen LogP contribution in [-0.2, 0) is 6.54 Å². The highest BCUT2D eigenvalue weighted by Gasteiger charge is 2.19. The first kappa shape index (κ1) is 17.3. The number of amides is 1. The van der Waals surface area contributed by atoms with E-state index < -0.39 is 0 Å². The average molecular weight is 350 g/mol. The quantitative estimate of drug-likeness (QED) is 0.690. The maximum absolute atomic E-state index is 12.8. The Bertz CT molecular complexity index is 976. The van der Waals surface area contributed by atoms with Crippen LogP contribution >= 0.6 is 0 Å². The van der Waals surface area contributed by atoms with E-state index in [1.54, 1.807) is 19.1 Å². The average Bonchev–Trinajstić information content (AvgIpc) is 3.09. The molecule has 1 amide bonds. The van der Waals surface area contributed by atoms with Crippen molar-refractivity contribution in [3.05, 3.63) is 82.6 Å². The van der Waals surface area contributed by atoms with Crippen LogP contribution in [0.4, 0.5) is 0 Å². The molecular formula is C19H18N4O3. The molecule has 0 saturated heterocycles. The second-order valence-corrected chi connectivity index (χ2v) is 5.77. The van der Waals surface area contributed by atoms with Crippen LogP contribution in [0.3, 0.4) is 0 Å². The van der Waals surface area contributed by atoms with Gasteiger partial charge in [0.1, 0.15) is 6.54 Å². The molecule has 26 heavy (non-hydrogen) atoms. The topological polar surface area (TPSA) is 92.1 Å². The fraction of sp³-hybridized carbons (Fsp3) is 0.158. The number of aryl methyl sites for hydroxylation is 1. The maximum Gasteiger partial charge on any atom is 0.254 e. The third-order valence-electron chi connectivity index (χ3n) is 3.69. The summed E-state index contributed by atoms with van der Waals surface area (Å²) in [4.78, 5) is 32.8. The molecule has 0 spiro atoms. The summed E-state index contributed by atoms with van der Waals surface area (Å²) in [5, 5.41) is 3.96. The van der Waals surface area contributed by atoms with Gasteiger partial charge in [0.25, 0.3) is 5.91 Å². The van der Waals surface area contributed by atoms with E-state index in [2.05, 4.69) is 21.7 Å². The largest absolute Gasteiger partial charge is 0.337 e. The molecule has 0 aliphatic carbocycles. The fourth-order valence-electron chi connectivity index (χ4n) is 2.55. The number of carbonyl (C=O) groups excluding carboxylic acids is 1. The standard InChI is InChI=1S/C19H18N4O3/c1-3-9-23(19(25)15-10-13(2)20-16(24)11-15)12-17-21-18(22-26-17)14-7-5-4-6-8-14/h3-8,10-11H,1,9,12H2,2H3,(H,20,24). The summed E-state index contributed by atoms with van der Waals surface area (Å²) in [5.74, 6) is 0.456. The minimum atomic E-state index is -0.323. The molecule has 1 aromatic carbocycles. The molecule has 7 heteroatoms. The van der Waals surface area contributed by atoms with E-state index >= 15 is 0 Å². The minimum Gasteiger partial charge on any atom is -0.337 e. The Kier molecular flexibility index (Phi) is 5.07. The van der Waals surface area contributed by atoms with Crippen LogP contribution in [0.5, 0.6) is 0 Å². The first-order valence-corrected chi connectivity index (χ1v) is 8.06. The van der Waals surface area contributed by atoms with Crippen molar-refractivity contribution in [2.75, 3.05) is 6.54 Å². The van der Waals surface area contributed by atoms with Gasteiger partial charge in [-0.05, 0) is 13.0 Å². The zero-order valence-electron chi connectivity index (χ0n) is 14.3. The Morgan fingerprint density at radius 3 is 2.77 bits per heavy atom. The molecule has 132 valence electrons. The van der Waals surface area contributed by atoms with E-state index in [1.807, 2.05) is 30.3 Å². The van der Waals surface area contributed by atoms with Crippen LogP contribution in [0, 0.1) is 6.92 Å². The predicted octanol–water partition coefficient (Wildman–Crippen LogP) is 2.56. The SMILES string of the molecule is C=CCN(Cc1nc(-c2ccccc2)no1)C(=O)c1cc(C)[nH]c(=O)c1. The van der Waals surface area contributed by atoms with Gasteiger partial charge in [0.05, 0.1) is 0 Å². The zero-order valence-corrected chi connectivity index (χ0v) is 14.3. The number of nitrogens with one attached hydrogen (secondary N) is 1. The number of benzene rings is 1. The van der Waals surface area contributed by atoms with E-state index in [0.717, 1.165) is 5.56 Å². The lowest BCUT2D eigenvalue weighted by molar-refractivity contribution is 0.0745. The molecule has 0 radical (unpaired) electrons. The van der Waals surface area contributed by atoms with Crippen molar-refractivity contribution in [1.82, 2.24) is 20.0 Å². The Morgan fingerprint density at radius 1 is 1.31 bits per heavy atom.